The molecule has 0 saturated carbocycles. The van der Waals surface area contributed by atoms with E-state index in [1.165, 1.54) is 23.6 Å². The van der Waals surface area contributed by atoms with Gasteiger partial charge < -0.3 is 147 Å². The van der Waals surface area contributed by atoms with Crippen LogP contribution in [0.1, 0.15) is 67.2 Å². The van der Waals surface area contributed by atoms with Crippen molar-refractivity contribution in [2.45, 2.75) is 232 Å². The van der Waals surface area contributed by atoms with Crippen molar-refractivity contribution in [1.29, 1.82) is 0 Å². The van der Waals surface area contributed by atoms with Crippen LogP contribution in [0.25, 0.3) is 0 Å². The zero-order chi connectivity index (χ0) is 67.6. The summed E-state index contributed by atoms with van der Waals surface area (Å²) in [6.45, 7) is 2.16. The highest BCUT2D eigenvalue weighted by Gasteiger charge is 2.56. The fourth-order valence-corrected chi connectivity index (χ4v) is 11.5. The average Bonchev–Trinajstić information content (AvgIpc) is 1.17. The number of likely N-dealkylation sites (tertiary alicyclic amines) is 2. The zero-order valence-corrected chi connectivity index (χ0v) is 50.6. The van der Waals surface area contributed by atoms with Crippen LogP contribution < -0.4 is 37.6 Å². The molecule has 15 unspecified atom stereocenters. The maximum Gasteiger partial charge on any atom is 0.246 e. The van der Waals surface area contributed by atoms with Crippen molar-refractivity contribution in [2.75, 3.05) is 46.1 Å². The molecule has 0 aromatic heterocycles. The van der Waals surface area contributed by atoms with Crippen LogP contribution in [0.3, 0.4) is 0 Å². The lowest BCUT2D eigenvalue weighted by molar-refractivity contribution is -0.359. The van der Waals surface area contributed by atoms with Crippen LogP contribution in [0.5, 0.6) is 0 Å². The van der Waals surface area contributed by atoms with E-state index in [0.717, 1.165) is 27.7 Å². The molecule has 38 nitrogen and oxygen atoms in total. The van der Waals surface area contributed by atoms with Crippen molar-refractivity contribution in [3.63, 3.8) is 0 Å². The Morgan fingerprint density at radius 1 is 0.527 bits per heavy atom. The predicted octanol–water partition coefficient (Wildman–Crippen LogP) is -12.6. The lowest BCUT2D eigenvalue weighted by Crippen LogP contribution is -2.70. The maximum atomic E-state index is 14.7. The highest BCUT2D eigenvalue weighted by Crippen LogP contribution is 2.34. The number of primary amides is 1. The number of aliphatic hydroxyl groups excluding tert-OH is 12. The number of hydrogen-bond acceptors (Lipinski definition) is 29. The first-order valence-corrected chi connectivity index (χ1v) is 29.6. The molecule has 38 heteroatoms. The second-order valence-corrected chi connectivity index (χ2v) is 23.1. The van der Waals surface area contributed by atoms with Gasteiger partial charge in [0, 0.05) is 33.9 Å². The highest BCUT2D eigenvalue weighted by atomic mass is 16.8. The Hall–Kier alpha value is -5.57. The summed E-state index contributed by atoms with van der Waals surface area (Å²) < 4.78 is 47.4. The van der Waals surface area contributed by atoms with Gasteiger partial charge in [0.1, 0.15) is 134 Å². The number of aliphatic hydroxyl groups is 12. The molecular formula is C53H87N9O29. The van der Waals surface area contributed by atoms with Gasteiger partial charge in [-0.05, 0) is 46.5 Å². The quantitative estimate of drug-likeness (QED) is 0.0382. The van der Waals surface area contributed by atoms with Crippen molar-refractivity contribution in [2.24, 2.45) is 5.73 Å². The molecule has 0 radical (unpaired) electrons. The Bertz CT molecular complexity index is 2530. The molecular weight excluding hydrogens is 1230 g/mol. The Morgan fingerprint density at radius 2 is 1.04 bits per heavy atom. The van der Waals surface area contributed by atoms with Crippen molar-refractivity contribution >= 4 is 53.2 Å². The Balaban J connectivity index is 1.31. The van der Waals surface area contributed by atoms with Crippen LogP contribution in [0.15, 0.2) is 0 Å². The second-order valence-electron chi connectivity index (χ2n) is 23.1. The molecule has 9 amide bonds. The zero-order valence-electron chi connectivity index (χ0n) is 50.6. The first kappa shape index (κ1) is 74.5. The number of ether oxygens (including phenoxy) is 8. The van der Waals surface area contributed by atoms with Crippen LogP contribution in [0.4, 0.5) is 0 Å². The predicted molar refractivity (Wildman–Crippen MR) is 296 cm³/mol. The lowest BCUT2D eigenvalue weighted by atomic mass is 9.94. The maximum absolute atomic E-state index is 14.7. The first-order valence-electron chi connectivity index (χ1n) is 29.6. The topological polar surface area (TPSA) is 575 Å². The van der Waals surface area contributed by atoms with Crippen molar-refractivity contribution in [3.8, 4) is 0 Å². The van der Waals surface area contributed by atoms with E-state index in [-0.39, 0.29) is 25.9 Å². The Kier molecular flexibility index (Phi) is 27.0. The number of amides is 9. The van der Waals surface area contributed by atoms with E-state index >= 15 is 0 Å². The van der Waals surface area contributed by atoms with Crippen molar-refractivity contribution in [3.05, 3.63) is 0 Å². The minimum Gasteiger partial charge on any atom is -0.394 e. The molecule has 0 aromatic carbocycles. The molecule has 518 valence electrons. The number of carbonyl (C=O) groups excluding carboxylic acids is 9. The number of hydrogen-bond donors (Lipinski definition) is 19. The van der Waals surface area contributed by atoms with Gasteiger partial charge in [-0.25, -0.2) is 0 Å². The van der Waals surface area contributed by atoms with E-state index in [1.54, 1.807) is 0 Å². The largest absolute Gasteiger partial charge is 0.394 e. The molecule has 27 atom stereocenters. The summed E-state index contributed by atoms with van der Waals surface area (Å²) >= 11 is 0. The summed E-state index contributed by atoms with van der Waals surface area (Å²) in [5, 5.41) is 143. The van der Waals surface area contributed by atoms with Gasteiger partial charge in [-0.15, -0.1) is 0 Å². The van der Waals surface area contributed by atoms with Gasteiger partial charge in [0.15, 0.2) is 25.2 Å². The van der Waals surface area contributed by atoms with Gasteiger partial charge in [0.2, 0.25) is 53.2 Å². The van der Waals surface area contributed by atoms with Gasteiger partial charge in [-0.1, -0.05) is 0 Å². The molecule has 0 bridgehead atoms. The van der Waals surface area contributed by atoms with E-state index in [4.69, 9.17) is 43.6 Å². The molecule has 6 fully saturated rings. The SMILES string of the molecule is CC(=O)NC(CO)C(=O)NC(C(=O)NC(C)C(=O)N1CCCC1C(=O)N1CCCC1C(=O)NC(C)C(N)=O)C(C)O[C@@H]1OC(CO[C@@H]2OC(CO)[C@H](O[C@@H]3OC(CO)[C@H](O)[C@H](O)C3O)[C@H](O)C2NC(C)=O)[C@H](O)[C@H](O[C@@H]2OC(CO)[C@H](O)[C@H](O)C2O)C1NC(C)=O. The van der Waals surface area contributed by atoms with Gasteiger partial charge in [-0.2, -0.15) is 0 Å². The smallest absolute Gasteiger partial charge is 0.246 e. The van der Waals surface area contributed by atoms with Gasteiger partial charge in [0.25, 0.3) is 0 Å². The van der Waals surface area contributed by atoms with Crippen LogP contribution in [-0.4, -0.2) is 335 Å². The first-order chi connectivity index (χ1) is 42.9. The second kappa shape index (κ2) is 33.0. The van der Waals surface area contributed by atoms with E-state index in [1.807, 2.05) is 0 Å². The van der Waals surface area contributed by atoms with Gasteiger partial charge in [0.05, 0.1) is 39.1 Å². The minimum atomic E-state index is -2.16. The van der Waals surface area contributed by atoms with Crippen LogP contribution in [-0.2, 0) is 81.0 Å². The molecule has 0 aromatic rings. The summed E-state index contributed by atoms with van der Waals surface area (Å²) in [7, 11) is 0. The fourth-order valence-electron chi connectivity index (χ4n) is 11.5. The summed E-state index contributed by atoms with van der Waals surface area (Å²) in [5.41, 5.74) is 5.33. The summed E-state index contributed by atoms with van der Waals surface area (Å²) in [5.74, 6) is -7.76. The lowest BCUT2D eigenvalue weighted by Gasteiger charge is -2.49. The standard InChI is InChI=1S/C53H87N9O29/c1-18(44(54)78)55-46(80)25-9-7-11-61(25)49(83)26-10-8-12-62(26)48(82)19(2)56-47(81)31(60-45(79)24(13-63)57-21(4)67)20(3)85-51-33(59-23(6)69)43(91-53-41(77)39(75)35(71)28(15-65)87-53)36(72)30(89-51)17-84-50-32(58-22(5)68)37(73)42(29(16-66)88-50)90-52-40(76)38(74)34(70)27(14-64)86-52/h18-20,24-43,50-53,63-66,70-77H,7-17H2,1-6H3,(H2,54,78)(H,55,80)(H,56,81)(H,57,67)(H,58,68)(H,59,69)(H,60,79)/t18?,19?,20?,24?,25?,26?,27?,28?,29?,30?,31?,32?,33?,34-,35-,36-,37+,38-,39-,40?,41?,42-,43+,50+,51+,52-,53-/m0/s1. The van der Waals surface area contributed by atoms with Crippen LogP contribution in [0, 0.1) is 0 Å². The number of nitrogens with one attached hydrogen (secondary N) is 6. The average molecular weight is 1310 g/mol. The molecule has 6 aliphatic heterocycles. The Morgan fingerprint density at radius 3 is 1.57 bits per heavy atom. The molecule has 6 saturated heterocycles. The fraction of sp³-hybridized carbons (Fsp3) is 0.830. The van der Waals surface area contributed by atoms with Gasteiger partial charge >= 0.3 is 0 Å². The monoisotopic (exact) mass is 1310 g/mol. The molecule has 6 aliphatic rings. The van der Waals surface area contributed by atoms with Crippen LogP contribution in [0.2, 0.25) is 0 Å². The Labute approximate surface area is 520 Å². The van der Waals surface area contributed by atoms with E-state index < -0.39 is 251 Å². The molecule has 0 spiro atoms. The molecule has 6 heterocycles. The van der Waals surface area contributed by atoms with Gasteiger partial charge in [-0.3, -0.25) is 43.2 Å². The minimum absolute atomic E-state index is 0.0178. The number of rotatable bonds is 26. The number of nitrogens with two attached hydrogens (primary N) is 1. The summed E-state index contributed by atoms with van der Waals surface area (Å²) in [4.78, 5) is 122. The van der Waals surface area contributed by atoms with Crippen molar-refractivity contribution < 1.29 is 142 Å². The normalized spacial score (nSPS) is 36.8. The third-order valence-electron chi connectivity index (χ3n) is 16.4. The molecule has 91 heavy (non-hydrogen) atoms. The van der Waals surface area contributed by atoms with E-state index in [0.29, 0.717) is 12.8 Å². The van der Waals surface area contributed by atoms with Crippen molar-refractivity contribution in [1.82, 2.24) is 41.7 Å². The third kappa shape index (κ3) is 17.8. The highest BCUT2D eigenvalue weighted by molar-refractivity contribution is 5.97. The van der Waals surface area contributed by atoms with E-state index in [9.17, 15) is 104 Å². The summed E-state index contributed by atoms with van der Waals surface area (Å²) in [6.07, 6.45) is -35.0. The van der Waals surface area contributed by atoms with E-state index in [2.05, 4.69) is 31.9 Å². The number of nitrogens with zero attached hydrogens (tertiary/aromatic N) is 2. The summed E-state index contributed by atoms with van der Waals surface area (Å²) in [6, 6.07) is -12.0. The number of carbonyl (C=O) groups is 9. The third-order valence-corrected chi connectivity index (χ3v) is 16.4. The molecule has 20 N–H and O–H groups in total. The molecule has 0 aliphatic carbocycles. The molecule has 6 rings (SSSR count). The van der Waals surface area contributed by atoms with Crippen LogP contribution >= 0.6 is 0 Å².